The van der Waals surface area contributed by atoms with Gasteiger partial charge in [0.2, 0.25) is 21.8 Å². The number of Topliss-reactive ketones (excluding diaryl/α,β-unsaturated/α-hetero) is 1. The van der Waals surface area contributed by atoms with Crippen molar-refractivity contribution in [2.24, 2.45) is 5.41 Å². The summed E-state index contributed by atoms with van der Waals surface area (Å²) in [6, 6.07) is 8.40. The number of sulfonamides is 1. The topological polar surface area (TPSA) is 140 Å². The van der Waals surface area contributed by atoms with Gasteiger partial charge in [0.05, 0.1) is 29.4 Å². The second-order valence-electron chi connectivity index (χ2n) is 12.4. The molecule has 42 heavy (non-hydrogen) atoms. The van der Waals surface area contributed by atoms with Gasteiger partial charge in [0.1, 0.15) is 6.04 Å². The normalized spacial score (nSPS) is 18.2. The van der Waals surface area contributed by atoms with Crippen LogP contribution in [0.3, 0.4) is 0 Å². The number of hydrogen-bond acceptors (Lipinski definition) is 8. The second-order valence-corrected chi connectivity index (χ2v) is 15.9. The molecule has 3 aromatic rings. The number of aromatic nitrogens is 3. The predicted octanol–water partition coefficient (Wildman–Crippen LogP) is 2.99. The van der Waals surface area contributed by atoms with E-state index in [0.29, 0.717) is 22.4 Å². The largest absolute Gasteiger partial charge is 0.345 e. The van der Waals surface area contributed by atoms with Crippen LogP contribution < -0.4 is 11.0 Å². The van der Waals surface area contributed by atoms with Gasteiger partial charge in [-0.2, -0.15) is 4.31 Å². The third-order valence-electron chi connectivity index (χ3n) is 7.16. The van der Waals surface area contributed by atoms with E-state index in [0.717, 1.165) is 15.1 Å². The van der Waals surface area contributed by atoms with Gasteiger partial charge < -0.3 is 5.32 Å². The fourth-order valence-corrected chi connectivity index (χ4v) is 7.80. The number of ketones is 1. The summed E-state index contributed by atoms with van der Waals surface area (Å²) in [6.45, 7) is 10.8. The number of nitrogens with zero attached hydrogens (tertiary/aromatic N) is 4. The van der Waals surface area contributed by atoms with E-state index in [-0.39, 0.29) is 35.8 Å². The van der Waals surface area contributed by atoms with E-state index >= 15 is 0 Å². The van der Waals surface area contributed by atoms with Crippen LogP contribution >= 0.6 is 11.8 Å². The third-order valence-corrected chi connectivity index (χ3v) is 9.89. The molecule has 1 aromatic carbocycles. The van der Waals surface area contributed by atoms with E-state index in [4.69, 9.17) is 0 Å². The van der Waals surface area contributed by atoms with Crippen molar-refractivity contribution in [2.75, 3.05) is 12.1 Å². The van der Waals surface area contributed by atoms with Gasteiger partial charge in [-0.1, -0.05) is 32.9 Å². The van der Waals surface area contributed by atoms with Gasteiger partial charge in [0.25, 0.3) is 0 Å². The number of hydrogen-bond donors (Lipinski definition) is 1. The van der Waals surface area contributed by atoms with Crippen LogP contribution in [-0.4, -0.2) is 73.4 Å². The summed E-state index contributed by atoms with van der Waals surface area (Å²) in [5, 5.41) is 2.76. The molecule has 3 heterocycles. The molecule has 1 unspecified atom stereocenters. The molecule has 13 heteroatoms. The number of carbonyl (C=O) groups is 3. The SMILES string of the molecule is CC(=O)[C@H](Cc1ccc(-n2c(=O)n(C(=O)CC(C)(C)C)c3cccnc32)cc1)NC(=O)C1N(S(C)(=O)=O)CSC1(C)C. The number of imidazole rings is 1. The van der Waals surface area contributed by atoms with Crippen molar-refractivity contribution in [3.63, 3.8) is 0 Å². The molecule has 0 spiro atoms. The molecule has 4 rings (SSSR count). The van der Waals surface area contributed by atoms with Crippen molar-refractivity contribution >= 4 is 50.5 Å². The second kappa shape index (κ2) is 11.4. The first-order valence-electron chi connectivity index (χ1n) is 13.5. The minimum atomic E-state index is -3.64. The third kappa shape index (κ3) is 6.52. The Hall–Kier alpha value is -3.29. The van der Waals surface area contributed by atoms with E-state index in [9.17, 15) is 27.6 Å². The standard InChI is InChI=1S/C29H37N5O6S2/c1-18(35)21(31-26(37)24-29(5,6)41-17-32(24)42(7,39)40)15-19-10-12-20(13-11-19)33-25-22(9-8-14-30-25)34(27(33)38)23(36)16-28(2,3)4/h8-14,21,24H,15-17H2,1-7H3,(H,31,37)/t21-,24?/m0/s1. The summed E-state index contributed by atoms with van der Waals surface area (Å²) in [5.41, 5.74) is 1.13. The molecule has 0 saturated carbocycles. The highest BCUT2D eigenvalue weighted by Gasteiger charge is 2.50. The summed E-state index contributed by atoms with van der Waals surface area (Å²) in [6.07, 6.45) is 2.97. The maximum Gasteiger partial charge on any atom is 0.341 e. The first-order valence-corrected chi connectivity index (χ1v) is 16.4. The number of benzene rings is 1. The van der Waals surface area contributed by atoms with Crippen molar-refractivity contribution in [1.29, 1.82) is 0 Å². The minimum absolute atomic E-state index is 0.155. The number of nitrogens with one attached hydrogen (secondary N) is 1. The highest BCUT2D eigenvalue weighted by Crippen LogP contribution is 2.40. The Morgan fingerprint density at radius 2 is 1.79 bits per heavy atom. The number of pyridine rings is 1. The summed E-state index contributed by atoms with van der Waals surface area (Å²) >= 11 is 1.36. The minimum Gasteiger partial charge on any atom is -0.345 e. The van der Waals surface area contributed by atoms with Crippen LogP contribution in [0.15, 0.2) is 47.4 Å². The van der Waals surface area contributed by atoms with Crippen LogP contribution in [0.25, 0.3) is 16.9 Å². The lowest BCUT2D eigenvalue weighted by Crippen LogP contribution is -2.56. The van der Waals surface area contributed by atoms with Gasteiger partial charge in [-0.05, 0) is 62.4 Å². The molecule has 0 radical (unpaired) electrons. The van der Waals surface area contributed by atoms with E-state index in [1.807, 2.05) is 20.8 Å². The van der Waals surface area contributed by atoms with Crippen LogP contribution in [0.5, 0.6) is 0 Å². The lowest BCUT2D eigenvalue weighted by atomic mass is 9.92. The Kier molecular flexibility index (Phi) is 8.60. The van der Waals surface area contributed by atoms with Crippen molar-refractivity contribution in [2.45, 2.75) is 71.2 Å². The highest BCUT2D eigenvalue weighted by atomic mass is 32.2. The molecule has 0 aliphatic carbocycles. The highest BCUT2D eigenvalue weighted by molar-refractivity contribution is 8.02. The number of fused-ring (bicyclic) bond motifs is 1. The van der Waals surface area contributed by atoms with Crippen molar-refractivity contribution in [3.8, 4) is 5.69 Å². The van der Waals surface area contributed by atoms with Crippen LogP contribution in [0, 0.1) is 5.41 Å². The Bertz CT molecular complexity index is 1700. The number of rotatable bonds is 8. The van der Waals surface area contributed by atoms with Gasteiger partial charge in [-0.3, -0.25) is 14.4 Å². The summed E-state index contributed by atoms with van der Waals surface area (Å²) in [5.74, 6) is -0.970. The van der Waals surface area contributed by atoms with Crippen LogP contribution in [-0.2, 0) is 26.0 Å². The Labute approximate surface area is 249 Å². The summed E-state index contributed by atoms with van der Waals surface area (Å²) in [4.78, 5) is 56.8. The van der Waals surface area contributed by atoms with Crippen LogP contribution in [0.1, 0.15) is 58.3 Å². The number of carbonyl (C=O) groups excluding carboxylic acids is 3. The fourth-order valence-electron chi connectivity index (χ4n) is 5.06. The van der Waals surface area contributed by atoms with Gasteiger partial charge in [-0.25, -0.2) is 27.3 Å². The number of thioether (sulfide) groups is 1. The monoisotopic (exact) mass is 615 g/mol. The molecular weight excluding hydrogens is 578 g/mol. The molecule has 2 aromatic heterocycles. The molecular formula is C29H37N5O6S2. The molecule has 226 valence electrons. The average Bonchev–Trinajstić information content (AvgIpc) is 3.35. The molecule has 1 fully saturated rings. The van der Waals surface area contributed by atoms with Gasteiger partial charge >= 0.3 is 5.69 Å². The lowest BCUT2D eigenvalue weighted by Gasteiger charge is -2.30. The van der Waals surface area contributed by atoms with E-state index in [1.165, 1.54) is 23.3 Å². The zero-order chi connectivity index (χ0) is 31.2. The van der Waals surface area contributed by atoms with E-state index in [2.05, 4.69) is 10.3 Å². The molecule has 11 nitrogen and oxygen atoms in total. The first kappa shape index (κ1) is 31.6. The predicted molar refractivity (Wildman–Crippen MR) is 163 cm³/mol. The first-order chi connectivity index (χ1) is 19.4. The van der Waals surface area contributed by atoms with Crippen LogP contribution in [0.4, 0.5) is 0 Å². The maximum atomic E-state index is 13.5. The molecule has 2 atom stereocenters. The average molecular weight is 616 g/mol. The van der Waals surface area contributed by atoms with Crippen LogP contribution in [0.2, 0.25) is 0 Å². The zero-order valence-electron chi connectivity index (χ0n) is 24.9. The molecule has 1 N–H and O–H groups in total. The maximum absolute atomic E-state index is 13.5. The number of amides is 1. The molecule has 1 aliphatic heterocycles. The smallest absolute Gasteiger partial charge is 0.341 e. The van der Waals surface area contributed by atoms with Crippen molar-refractivity contribution < 1.29 is 22.8 Å². The quantitative estimate of drug-likeness (QED) is 0.408. The van der Waals surface area contributed by atoms with Crippen molar-refractivity contribution in [1.82, 2.24) is 23.7 Å². The summed E-state index contributed by atoms with van der Waals surface area (Å²) < 4.78 is 27.7. The Balaban J connectivity index is 1.60. The lowest BCUT2D eigenvalue weighted by molar-refractivity contribution is -0.129. The van der Waals surface area contributed by atoms with Gasteiger partial charge in [0, 0.05) is 17.4 Å². The van der Waals surface area contributed by atoms with Crippen molar-refractivity contribution in [3.05, 3.63) is 58.6 Å². The molecule has 0 bridgehead atoms. The zero-order valence-corrected chi connectivity index (χ0v) is 26.5. The fraction of sp³-hybridized carbons (Fsp3) is 0.483. The molecule has 1 amide bonds. The van der Waals surface area contributed by atoms with E-state index < -0.39 is 38.5 Å². The summed E-state index contributed by atoms with van der Waals surface area (Å²) in [7, 11) is -3.64. The van der Waals surface area contributed by atoms with E-state index in [1.54, 1.807) is 56.4 Å². The Morgan fingerprint density at radius 3 is 2.36 bits per heavy atom. The van der Waals surface area contributed by atoms with Gasteiger partial charge in [-0.15, -0.1) is 11.8 Å². The molecule has 1 saturated heterocycles. The van der Waals surface area contributed by atoms with Gasteiger partial charge in [0.15, 0.2) is 11.4 Å². The Morgan fingerprint density at radius 1 is 1.14 bits per heavy atom. The molecule has 1 aliphatic rings.